The first-order chi connectivity index (χ1) is 11.6. The fourth-order valence-electron chi connectivity index (χ4n) is 2.77. The lowest BCUT2D eigenvalue weighted by atomic mass is 10.2. The minimum atomic E-state index is -0.0306. The van der Waals surface area contributed by atoms with E-state index in [1.807, 2.05) is 36.9 Å². The van der Waals surface area contributed by atoms with E-state index in [0.717, 1.165) is 13.1 Å². The van der Waals surface area contributed by atoms with E-state index in [1.165, 1.54) is 5.69 Å². The molecule has 1 aliphatic heterocycles. The molecule has 6 nitrogen and oxygen atoms in total. The average Bonchev–Trinajstić information content (AvgIpc) is 2.62. The van der Waals surface area contributed by atoms with Crippen LogP contribution in [0, 0.1) is 0 Å². The Morgan fingerprint density at radius 1 is 1.08 bits per heavy atom. The normalized spacial score (nSPS) is 14.8. The number of amides is 1. The third kappa shape index (κ3) is 3.82. The second-order valence-electron chi connectivity index (χ2n) is 6.18. The van der Waals surface area contributed by atoms with Gasteiger partial charge in [0.15, 0.2) is 0 Å². The maximum absolute atomic E-state index is 12.7. The molecule has 0 atom stereocenters. The van der Waals surface area contributed by atoms with Crippen molar-refractivity contribution in [3.05, 3.63) is 48.3 Å². The Hall–Kier alpha value is -2.63. The number of benzene rings is 1. The van der Waals surface area contributed by atoms with Crippen LogP contribution in [0.25, 0.3) is 0 Å². The first-order valence-corrected chi connectivity index (χ1v) is 8.32. The van der Waals surface area contributed by atoms with Crippen LogP contribution >= 0.6 is 0 Å². The number of piperazine rings is 1. The molecule has 0 saturated carbocycles. The second-order valence-corrected chi connectivity index (χ2v) is 6.18. The first kappa shape index (κ1) is 16.2. The second kappa shape index (κ2) is 7.29. The third-order valence-electron chi connectivity index (χ3n) is 3.98. The molecule has 0 aliphatic carbocycles. The molecule has 2 heterocycles. The number of carbonyl (C=O) groups is 1. The van der Waals surface area contributed by atoms with Crippen molar-refractivity contribution in [3.63, 3.8) is 0 Å². The van der Waals surface area contributed by atoms with Gasteiger partial charge in [-0.3, -0.25) is 4.79 Å². The summed E-state index contributed by atoms with van der Waals surface area (Å²) in [7, 11) is 0. The zero-order chi connectivity index (χ0) is 16.9. The highest BCUT2D eigenvalue weighted by molar-refractivity contribution is 5.92. The number of nitrogens with one attached hydrogen (secondary N) is 1. The van der Waals surface area contributed by atoms with E-state index in [1.54, 1.807) is 12.3 Å². The molecule has 1 aliphatic rings. The molecule has 1 aromatic carbocycles. The summed E-state index contributed by atoms with van der Waals surface area (Å²) in [5.74, 6) is 0.468. The van der Waals surface area contributed by atoms with Crippen LogP contribution in [0.3, 0.4) is 0 Å². The maximum Gasteiger partial charge on any atom is 0.272 e. The van der Waals surface area contributed by atoms with Gasteiger partial charge in [-0.1, -0.05) is 18.2 Å². The van der Waals surface area contributed by atoms with Crippen molar-refractivity contribution >= 4 is 17.5 Å². The fourth-order valence-corrected chi connectivity index (χ4v) is 2.77. The number of hydrogen-bond acceptors (Lipinski definition) is 5. The van der Waals surface area contributed by atoms with Crippen LogP contribution in [0.5, 0.6) is 0 Å². The zero-order valence-corrected chi connectivity index (χ0v) is 14.1. The number of anilines is 2. The van der Waals surface area contributed by atoms with Crippen LogP contribution in [0.15, 0.2) is 42.6 Å². The highest BCUT2D eigenvalue weighted by atomic mass is 16.2. The number of carbonyl (C=O) groups excluding carboxylic acids is 1. The van der Waals surface area contributed by atoms with Gasteiger partial charge in [-0.15, -0.1) is 0 Å². The summed E-state index contributed by atoms with van der Waals surface area (Å²) < 4.78 is 0. The maximum atomic E-state index is 12.7. The summed E-state index contributed by atoms with van der Waals surface area (Å²) >= 11 is 0. The lowest BCUT2D eigenvalue weighted by Gasteiger charge is -2.36. The van der Waals surface area contributed by atoms with Crippen molar-refractivity contribution < 1.29 is 4.79 Å². The molecule has 2 aromatic rings. The van der Waals surface area contributed by atoms with Crippen LogP contribution in [-0.2, 0) is 0 Å². The summed E-state index contributed by atoms with van der Waals surface area (Å²) in [6.45, 7) is 7.09. The molecule has 0 radical (unpaired) electrons. The van der Waals surface area contributed by atoms with Crippen molar-refractivity contribution in [3.8, 4) is 0 Å². The zero-order valence-electron chi connectivity index (χ0n) is 14.1. The van der Waals surface area contributed by atoms with Gasteiger partial charge in [0.1, 0.15) is 5.69 Å². The molecule has 1 amide bonds. The van der Waals surface area contributed by atoms with E-state index in [0.29, 0.717) is 24.7 Å². The quantitative estimate of drug-likeness (QED) is 0.934. The monoisotopic (exact) mass is 325 g/mol. The highest BCUT2D eigenvalue weighted by Crippen LogP contribution is 2.16. The van der Waals surface area contributed by atoms with Crippen LogP contribution < -0.4 is 10.2 Å². The number of nitrogens with zero attached hydrogens (tertiary/aromatic N) is 4. The largest absolute Gasteiger partial charge is 0.368 e. The van der Waals surface area contributed by atoms with Crippen molar-refractivity contribution in [1.29, 1.82) is 0 Å². The molecule has 0 spiro atoms. The molecule has 126 valence electrons. The molecule has 1 aromatic heterocycles. The standard InChI is InChI=1S/C18H23N5O/c1-14(2)20-18-19-9-8-16(21-18)17(24)23-12-10-22(11-13-23)15-6-4-3-5-7-15/h3-9,14H,10-13H2,1-2H3,(H,19,20,21). The van der Waals surface area contributed by atoms with Crippen LogP contribution in [0.2, 0.25) is 0 Å². The Morgan fingerprint density at radius 3 is 2.46 bits per heavy atom. The van der Waals surface area contributed by atoms with Gasteiger partial charge in [-0.2, -0.15) is 0 Å². The molecule has 1 N–H and O–H groups in total. The van der Waals surface area contributed by atoms with Gasteiger partial charge < -0.3 is 15.1 Å². The van der Waals surface area contributed by atoms with Crippen LogP contribution in [0.1, 0.15) is 24.3 Å². The van der Waals surface area contributed by atoms with Crippen molar-refractivity contribution in [2.24, 2.45) is 0 Å². The predicted octanol–water partition coefficient (Wildman–Crippen LogP) is 2.26. The van der Waals surface area contributed by atoms with Crippen LogP contribution in [-0.4, -0.2) is 53.0 Å². The third-order valence-corrected chi connectivity index (χ3v) is 3.98. The minimum absolute atomic E-state index is 0.0306. The number of rotatable bonds is 4. The van der Waals surface area contributed by atoms with Gasteiger partial charge in [0.2, 0.25) is 5.95 Å². The number of hydrogen-bond donors (Lipinski definition) is 1. The Bertz CT molecular complexity index is 681. The Morgan fingerprint density at radius 2 is 1.79 bits per heavy atom. The summed E-state index contributed by atoms with van der Waals surface area (Å²) in [5.41, 5.74) is 1.65. The SMILES string of the molecule is CC(C)Nc1nccc(C(=O)N2CCN(c3ccccc3)CC2)n1. The Kier molecular flexibility index (Phi) is 4.93. The minimum Gasteiger partial charge on any atom is -0.368 e. The molecule has 1 fully saturated rings. The molecular weight excluding hydrogens is 302 g/mol. The summed E-state index contributed by atoms with van der Waals surface area (Å²) in [4.78, 5) is 25.3. The van der Waals surface area contributed by atoms with Gasteiger partial charge in [0.05, 0.1) is 0 Å². The first-order valence-electron chi connectivity index (χ1n) is 8.32. The summed E-state index contributed by atoms with van der Waals surface area (Å²) in [6, 6.07) is 12.2. The van der Waals surface area contributed by atoms with Crippen LogP contribution in [0.4, 0.5) is 11.6 Å². The van der Waals surface area contributed by atoms with E-state index in [9.17, 15) is 4.79 Å². The van der Waals surface area contributed by atoms with Crippen molar-refractivity contribution in [2.45, 2.75) is 19.9 Å². The lowest BCUT2D eigenvalue weighted by Crippen LogP contribution is -2.49. The van der Waals surface area contributed by atoms with Crippen molar-refractivity contribution in [2.75, 3.05) is 36.4 Å². The van der Waals surface area contributed by atoms with E-state index < -0.39 is 0 Å². The number of aromatic nitrogens is 2. The Labute approximate surface area is 142 Å². The Balaban J connectivity index is 1.63. The van der Waals surface area contributed by atoms with E-state index >= 15 is 0 Å². The van der Waals surface area contributed by atoms with E-state index in [-0.39, 0.29) is 11.9 Å². The van der Waals surface area contributed by atoms with Gasteiger partial charge in [-0.25, -0.2) is 9.97 Å². The van der Waals surface area contributed by atoms with Gasteiger partial charge >= 0.3 is 0 Å². The smallest absolute Gasteiger partial charge is 0.272 e. The predicted molar refractivity (Wildman–Crippen MR) is 95.3 cm³/mol. The molecular formula is C18H23N5O. The number of para-hydroxylation sites is 1. The van der Waals surface area contributed by atoms with Gasteiger partial charge in [0, 0.05) is 44.1 Å². The summed E-state index contributed by atoms with van der Waals surface area (Å²) in [6.07, 6.45) is 1.63. The molecule has 24 heavy (non-hydrogen) atoms. The topological polar surface area (TPSA) is 61.4 Å². The lowest BCUT2D eigenvalue weighted by molar-refractivity contribution is 0.0741. The fraction of sp³-hybridized carbons (Fsp3) is 0.389. The average molecular weight is 325 g/mol. The van der Waals surface area contributed by atoms with E-state index in [2.05, 4.69) is 32.3 Å². The summed E-state index contributed by atoms with van der Waals surface area (Å²) in [5, 5.41) is 3.13. The molecule has 0 unspecified atom stereocenters. The molecule has 3 rings (SSSR count). The molecule has 1 saturated heterocycles. The van der Waals surface area contributed by atoms with E-state index in [4.69, 9.17) is 0 Å². The molecule has 6 heteroatoms. The van der Waals surface area contributed by atoms with Gasteiger partial charge in [-0.05, 0) is 32.0 Å². The highest BCUT2D eigenvalue weighted by Gasteiger charge is 2.23. The van der Waals surface area contributed by atoms with Gasteiger partial charge in [0.25, 0.3) is 5.91 Å². The molecule has 0 bridgehead atoms. The van der Waals surface area contributed by atoms with Crippen molar-refractivity contribution in [1.82, 2.24) is 14.9 Å².